The van der Waals surface area contributed by atoms with Crippen molar-refractivity contribution in [2.45, 2.75) is 25.9 Å². The van der Waals surface area contributed by atoms with Crippen molar-refractivity contribution in [3.05, 3.63) is 34.3 Å². The van der Waals surface area contributed by atoms with Gasteiger partial charge < -0.3 is 14.7 Å². The Morgan fingerprint density at radius 1 is 1.45 bits per heavy atom. The maximum atomic E-state index is 12.2. The van der Waals surface area contributed by atoms with E-state index in [0.29, 0.717) is 16.5 Å². The minimum Gasteiger partial charge on any atom is -0.389 e. The number of methoxy groups -OCH3 is 1. The van der Waals surface area contributed by atoms with E-state index in [2.05, 4.69) is 13.8 Å². The van der Waals surface area contributed by atoms with Gasteiger partial charge in [0.15, 0.2) is 0 Å². The number of carbonyl (C=O) groups excluding carboxylic acids is 1. The highest BCUT2D eigenvalue weighted by Crippen LogP contribution is 2.25. The highest BCUT2D eigenvalue weighted by molar-refractivity contribution is 6.31. The Morgan fingerprint density at radius 2 is 2.10 bits per heavy atom. The number of rotatable bonds is 6. The van der Waals surface area contributed by atoms with Gasteiger partial charge in [-0.3, -0.25) is 4.79 Å². The van der Waals surface area contributed by atoms with E-state index >= 15 is 0 Å². The van der Waals surface area contributed by atoms with E-state index in [1.165, 1.54) is 12.0 Å². The van der Waals surface area contributed by atoms with Gasteiger partial charge in [0.05, 0.1) is 12.7 Å². The zero-order valence-corrected chi connectivity index (χ0v) is 13.1. The molecule has 0 bridgehead atoms. The van der Waals surface area contributed by atoms with Crippen LogP contribution in [0.1, 0.15) is 35.7 Å². The second kappa shape index (κ2) is 7.62. The summed E-state index contributed by atoms with van der Waals surface area (Å²) in [6.45, 7) is 4.52. The number of aliphatic hydroxyl groups excluding tert-OH is 1. The minimum absolute atomic E-state index is 0.169. The Hall–Kier alpha value is -1.10. The van der Waals surface area contributed by atoms with E-state index in [0.717, 1.165) is 5.56 Å². The molecule has 112 valence electrons. The Balaban J connectivity index is 2.79. The van der Waals surface area contributed by atoms with Crippen molar-refractivity contribution in [2.75, 3.05) is 27.3 Å². The first kappa shape index (κ1) is 17.0. The molecule has 0 saturated carbocycles. The maximum Gasteiger partial charge on any atom is 0.253 e. The molecule has 0 radical (unpaired) electrons. The van der Waals surface area contributed by atoms with Crippen molar-refractivity contribution in [3.8, 4) is 0 Å². The quantitative estimate of drug-likeness (QED) is 0.878. The lowest BCUT2D eigenvalue weighted by Crippen LogP contribution is -2.36. The summed E-state index contributed by atoms with van der Waals surface area (Å²) in [4.78, 5) is 13.7. The van der Waals surface area contributed by atoms with Gasteiger partial charge in [0, 0.05) is 31.3 Å². The molecule has 1 atom stereocenters. The number of ether oxygens (including phenoxy) is 1. The summed E-state index contributed by atoms with van der Waals surface area (Å²) >= 11 is 6.19. The molecule has 0 saturated heterocycles. The first-order valence-corrected chi connectivity index (χ1v) is 6.96. The molecule has 1 rings (SSSR count). The van der Waals surface area contributed by atoms with Crippen molar-refractivity contribution < 1.29 is 14.6 Å². The van der Waals surface area contributed by atoms with E-state index in [1.54, 1.807) is 19.2 Å². The number of amides is 1. The predicted molar refractivity (Wildman–Crippen MR) is 80.4 cm³/mol. The zero-order chi connectivity index (χ0) is 15.3. The second-order valence-corrected chi connectivity index (χ2v) is 5.59. The summed E-state index contributed by atoms with van der Waals surface area (Å²) in [7, 11) is 3.15. The third kappa shape index (κ3) is 4.47. The van der Waals surface area contributed by atoms with Crippen LogP contribution in [0.4, 0.5) is 0 Å². The van der Waals surface area contributed by atoms with Crippen molar-refractivity contribution in [1.29, 1.82) is 0 Å². The molecule has 0 aromatic heterocycles. The number of nitrogens with zero attached hydrogens (tertiary/aromatic N) is 1. The number of carbonyl (C=O) groups is 1. The summed E-state index contributed by atoms with van der Waals surface area (Å²) in [6, 6.07) is 5.32. The van der Waals surface area contributed by atoms with Crippen LogP contribution in [-0.4, -0.2) is 49.3 Å². The smallest absolute Gasteiger partial charge is 0.253 e. The van der Waals surface area contributed by atoms with Crippen LogP contribution in [0.2, 0.25) is 5.02 Å². The van der Waals surface area contributed by atoms with Gasteiger partial charge in [-0.2, -0.15) is 0 Å². The zero-order valence-electron chi connectivity index (χ0n) is 12.4. The third-order valence-electron chi connectivity index (χ3n) is 3.06. The normalized spacial score (nSPS) is 12.6. The van der Waals surface area contributed by atoms with Gasteiger partial charge in [0.25, 0.3) is 5.91 Å². The fourth-order valence-electron chi connectivity index (χ4n) is 1.99. The van der Waals surface area contributed by atoms with Crippen molar-refractivity contribution >= 4 is 17.5 Å². The molecule has 0 aliphatic carbocycles. The van der Waals surface area contributed by atoms with E-state index in [4.69, 9.17) is 16.3 Å². The fraction of sp³-hybridized carbons (Fsp3) is 0.533. The topological polar surface area (TPSA) is 49.8 Å². The van der Waals surface area contributed by atoms with Crippen LogP contribution in [0.15, 0.2) is 18.2 Å². The van der Waals surface area contributed by atoms with Crippen LogP contribution >= 0.6 is 11.6 Å². The first-order chi connectivity index (χ1) is 9.36. The van der Waals surface area contributed by atoms with Gasteiger partial charge in [0.1, 0.15) is 0 Å². The van der Waals surface area contributed by atoms with Gasteiger partial charge in [-0.05, 0) is 23.6 Å². The van der Waals surface area contributed by atoms with Crippen LogP contribution < -0.4 is 0 Å². The summed E-state index contributed by atoms with van der Waals surface area (Å²) in [5.41, 5.74) is 1.54. The predicted octanol–water partition coefficient (Wildman–Crippen LogP) is 2.54. The molecule has 5 heteroatoms. The molecule has 0 spiro atoms. The Labute approximate surface area is 125 Å². The van der Waals surface area contributed by atoms with E-state index in [9.17, 15) is 9.90 Å². The SMILES string of the molecule is COC[C@H](O)CN(C)C(=O)c1ccc(C(C)C)c(Cl)c1. The molecule has 0 aliphatic rings. The standard InChI is InChI=1S/C15H22ClNO3/c1-10(2)13-6-5-11(7-14(13)16)15(19)17(3)8-12(18)9-20-4/h5-7,10,12,18H,8-9H2,1-4H3/t12-/m1/s1. The van der Waals surface area contributed by atoms with Crippen LogP contribution in [0, 0.1) is 0 Å². The number of hydrogen-bond donors (Lipinski definition) is 1. The molecule has 0 fully saturated rings. The van der Waals surface area contributed by atoms with E-state index in [1.807, 2.05) is 6.07 Å². The minimum atomic E-state index is -0.695. The highest BCUT2D eigenvalue weighted by Gasteiger charge is 2.17. The first-order valence-electron chi connectivity index (χ1n) is 6.58. The van der Waals surface area contributed by atoms with Crippen molar-refractivity contribution in [2.24, 2.45) is 0 Å². The third-order valence-corrected chi connectivity index (χ3v) is 3.39. The molecule has 20 heavy (non-hydrogen) atoms. The van der Waals surface area contributed by atoms with Crippen LogP contribution in [0.3, 0.4) is 0 Å². The molecule has 0 aliphatic heterocycles. The fourth-order valence-corrected chi connectivity index (χ4v) is 2.39. The van der Waals surface area contributed by atoms with Gasteiger partial charge in [-0.25, -0.2) is 0 Å². The molecular weight excluding hydrogens is 278 g/mol. The number of aliphatic hydroxyl groups is 1. The second-order valence-electron chi connectivity index (χ2n) is 5.19. The maximum absolute atomic E-state index is 12.2. The van der Waals surface area contributed by atoms with Crippen LogP contribution in [0.5, 0.6) is 0 Å². The Kier molecular flexibility index (Phi) is 6.46. The number of hydrogen-bond acceptors (Lipinski definition) is 3. The van der Waals surface area contributed by atoms with Gasteiger partial charge >= 0.3 is 0 Å². The largest absolute Gasteiger partial charge is 0.389 e. The Bertz CT molecular complexity index is 462. The molecule has 1 aromatic rings. The van der Waals surface area contributed by atoms with Crippen molar-refractivity contribution in [3.63, 3.8) is 0 Å². The van der Waals surface area contributed by atoms with E-state index < -0.39 is 6.10 Å². The van der Waals surface area contributed by atoms with Crippen LogP contribution in [-0.2, 0) is 4.74 Å². The summed E-state index contributed by atoms with van der Waals surface area (Å²) in [6.07, 6.45) is -0.695. The lowest BCUT2D eigenvalue weighted by molar-refractivity contribution is 0.0380. The summed E-state index contributed by atoms with van der Waals surface area (Å²) < 4.78 is 4.84. The Morgan fingerprint density at radius 3 is 2.60 bits per heavy atom. The lowest BCUT2D eigenvalue weighted by atomic mass is 10.0. The van der Waals surface area contributed by atoms with Gasteiger partial charge in [0.2, 0.25) is 0 Å². The number of benzene rings is 1. The molecule has 4 nitrogen and oxygen atoms in total. The van der Waals surface area contributed by atoms with Gasteiger partial charge in [-0.15, -0.1) is 0 Å². The molecule has 1 aromatic carbocycles. The summed E-state index contributed by atoms with van der Waals surface area (Å²) in [5.74, 6) is 0.144. The molecule has 0 heterocycles. The van der Waals surface area contributed by atoms with Crippen LogP contribution in [0.25, 0.3) is 0 Å². The van der Waals surface area contributed by atoms with Gasteiger partial charge in [-0.1, -0.05) is 31.5 Å². The highest BCUT2D eigenvalue weighted by atomic mass is 35.5. The summed E-state index contributed by atoms with van der Waals surface area (Å²) in [5, 5.41) is 10.2. The lowest BCUT2D eigenvalue weighted by Gasteiger charge is -2.21. The number of likely N-dealkylation sites (N-methyl/N-ethyl adjacent to an activating group) is 1. The molecule has 1 N–H and O–H groups in total. The number of halogens is 1. The van der Waals surface area contributed by atoms with Crippen molar-refractivity contribution in [1.82, 2.24) is 4.90 Å². The average Bonchev–Trinajstić information content (AvgIpc) is 2.37. The van der Waals surface area contributed by atoms with E-state index in [-0.39, 0.29) is 19.1 Å². The monoisotopic (exact) mass is 299 g/mol. The molecule has 0 unspecified atom stereocenters. The molecular formula is C15H22ClNO3. The average molecular weight is 300 g/mol. The molecule has 1 amide bonds.